The van der Waals surface area contributed by atoms with Gasteiger partial charge in [-0.15, -0.1) is 0 Å². The molecule has 0 saturated heterocycles. The van der Waals surface area contributed by atoms with Crippen LogP contribution in [0.2, 0.25) is 0 Å². The van der Waals surface area contributed by atoms with Crippen molar-refractivity contribution in [3.8, 4) is 0 Å². The minimum absolute atomic E-state index is 0.458. The Morgan fingerprint density at radius 1 is 1.58 bits per heavy atom. The van der Waals surface area contributed by atoms with Gasteiger partial charge in [0.05, 0.1) is 12.5 Å². The lowest BCUT2D eigenvalue weighted by Crippen LogP contribution is -2.43. The monoisotopic (exact) mass is 175 g/mol. The van der Waals surface area contributed by atoms with E-state index in [1.807, 2.05) is 0 Å². The van der Waals surface area contributed by atoms with Gasteiger partial charge in [0.1, 0.15) is 5.54 Å². The molecule has 4 heteroatoms. The summed E-state index contributed by atoms with van der Waals surface area (Å²) >= 11 is 0. The number of hydrogen-bond donors (Lipinski definition) is 1. The van der Waals surface area contributed by atoms with Crippen molar-refractivity contribution in [1.29, 1.82) is 0 Å². The van der Waals surface area contributed by atoms with E-state index in [4.69, 9.17) is 4.42 Å². The van der Waals surface area contributed by atoms with Crippen LogP contribution in [0.3, 0.4) is 0 Å². The Labute approximate surface area is 69.6 Å². The first-order valence-electron chi connectivity index (χ1n) is 3.61. The summed E-state index contributed by atoms with van der Waals surface area (Å²) in [6, 6.07) is 1.53. The van der Waals surface area contributed by atoms with Gasteiger partial charge in [0.25, 0.3) is 6.43 Å². The van der Waals surface area contributed by atoms with Crippen LogP contribution in [0.1, 0.15) is 12.5 Å². The van der Waals surface area contributed by atoms with Gasteiger partial charge < -0.3 is 9.73 Å². The minimum Gasteiger partial charge on any atom is -0.472 e. The predicted octanol–water partition coefficient (Wildman–Crippen LogP) is 1.98. The molecule has 0 aromatic carbocycles. The summed E-state index contributed by atoms with van der Waals surface area (Å²) in [7, 11) is 1.50. The van der Waals surface area contributed by atoms with Gasteiger partial charge in [-0.1, -0.05) is 0 Å². The fraction of sp³-hybridized carbons (Fsp3) is 0.500. The molecule has 0 saturated carbocycles. The number of nitrogens with one attached hydrogen (secondary N) is 1. The number of alkyl halides is 2. The summed E-state index contributed by atoms with van der Waals surface area (Å²) in [6.07, 6.45) is 0.246. The third kappa shape index (κ3) is 1.34. The van der Waals surface area contributed by atoms with Crippen LogP contribution in [0.4, 0.5) is 8.78 Å². The molecule has 1 N–H and O–H groups in total. The SMILES string of the molecule is CNC(C)(c1ccoc1)C(F)F. The number of hydrogen-bond acceptors (Lipinski definition) is 2. The minimum atomic E-state index is -2.46. The number of halogens is 2. The van der Waals surface area contributed by atoms with Gasteiger partial charge in [0.15, 0.2) is 0 Å². The third-order valence-corrected chi connectivity index (χ3v) is 2.08. The first-order chi connectivity index (χ1) is 5.61. The molecule has 0 aliphatic carbocycles. The zero-order valence-corrected chi connectivity index (χ0v) is 6.97. The quantitative estimate of drug-likeness (QED) is 0.759. The number of rotatable bonds is 3. The molecule has 0 fully saturated rings. The lowest BCUT2D eigenvalue weighted by molar-refractivity contribution is 0.0428. The van der Waals surface area contributed by atoms with E-state index in [0.29, 0.717) is 5.56 Å². The zero-order chi connectivity index (χ0) is 9.19. The lowest BCUT2D eigenvalue weighted by atomic mass is 9.96. The Morgan fingerprint density at radius 2 is 2.25 bits per heavy atom. The van der Waals surface area contributed by atoms with Crippen molar-refractivity contribution in [2.45, 2.75) is 18.9 Å². The molecule has 1 aromatic rings. The van der Waals surface area contributed by atoms with Gasteiger partial charge in [-0.05, 0) is 20.0 Å². The van der Waals surface area contributed by atoms with Gasteiger partial charge in [-0.25, -0.2) is 8.78 Å². The average Bonchev–Trinajstić information content (AvgIpc) is 2.54. The van der Waals surface area contributed by atoms with E-state index >= 15 is 0 Å². The zero-order valence-electron chi connectivity index (χ0n) is 6.97. The highest BCUT2D eigenvalue weighted by Gasteiger charge is 2.35. The Bertz CT molecular complexity index is 235. The van der Waals surface area contributed by atoms with Crippen molar-refractivity contribution >= 4 is 0 Å². The van der Waals surface area contributed by atoms with Crippen LogP contribution in [0.25, 0.3) is 0 Å². The summed E-state index contributed by atoms with van der Waals surface area (Å²) in [5.74, 6) is 0. The molecule has 0 radical (unpaired) electrons. The maximum absolute atomic E-state index is 12.5. The molecule has 0 aliphatic heterocycles. The van der Waals surface area contributed by atoms with Crippen LogP contribution >= 0.6 is 0 Å². The molecule has 2 nitrogen and oxygen atoms in total. The Hall–Kier alpha value is -0.900. The van der Waals surface area contributed by atoms with E-state index in [0.717, 1.165) is 0 Å². The average molecular weight is 175 g/mol. The van der Waals surface area contributed by atoms with Crippen LogP contribution in [-0.4, -0.2) is 13.5 Å². The highest BCUT2D eigenvalue weighted by atomic mass is 19.3. The predicted molar refractivity (Wildman–Crippen MR) is 41.1 cm³/mol. The van der Waals surface area contributed by atoms with E-state index in [1.54, 1.807) is 0 Å². The molecule has 1 atom stereocenters. The molecular weight excluding hydrogens is 164 g/mol. The molecule has 1 heterocycles. The molecular formula is C8H11F2NO. The van der Waals surface area contributed by atoms with Crippen LogP contribution in [0, 0.1) is 0 Å². The van der Waals surface area contributed by atoms with Crippen LogP contribution < -0.4 is 5.32 Å². The second kappa shape index (κ2) is 3.23. The van der Waals surface area contributed by atoms with E-state index in [-0.39, 0.29) is 0 Å². The summed E-state index contributed by atoms with van der Waals surface area (Å²) in [4.78, 5) is 0. The molecule has 0 aliphatic rings. The van der Waals surface area contributed by atoms with Crippen molar-refractivity contribution in [3.05, 3.63) is 24.2 Å². The van der Waals surface area contributed by atoms with E-state index in [1.165, 1.54) is 32.6 Å². The van der Waals surface area contributed by atoms with E-state index in [2.05, 4.69) is 5.32 Å². The summed E-state index contributed by atoms with van der Waals surface area (Å²) in [5.41, 5.74) is -0.854. The lowest BCUT2D eigenvalue weighted by Gasteiger charge is -2.26. The van der Waals surface area contributed by atoms with E-state index < -0.39 is 12.0 Å². The van der Waals surface area contributed by atoms with Crippen molar-refractivity contribution < 1.29 is 13.2 Å². The standard InChI is InChI=1S/C8H11F2NO/c1-8(11-2,7(9)10)6-3-4-12-5-6/h3-5,7,11H,1-2H3. The van der Waals surface area contributed by atoms with Crippen LogP contribution in [-0.2, 0) is 5.54 Å². The second-order valence-corrected chi connectivity index (χ2v) is 2.77. The first-order valence-corrected chi connectivity index (χ1v) is 3.61. The van der Waals surface area contributed by atoms with Crippen molar-refractivity contribution in [1.82, 2.24) is 5.32 Å². The van der Waals surface area contributed by atoms with Crippen LogP contribution in [0.15, 0.2) is 23.0 Å². The van der Waals surface area contributed by atoms with Gasteiger partial charge in [0.2, 0.25) is 0 Å². The second-order valence-electron chi connectivity index (χ2n) is 2.77. The van der Waals surface area contributed by atoms with Gasteiger partial charge in [-0.3, -0.25) is 0 Å². The topological polar surface area (TPSA) is 25.2 Å². The van der Waals surface area contributed by atoms with Crippen molar-refractivity contribution in [2.75, 3.05) is 7.05 Å². The molecule has 0 spiro atoms. The summed E-state index contributed by atoms with van der Waals surface area (Å²) < 4.78 is 29.8. The van der Waals surface area contributed by atoms with Gasteiger partial charge >= 0.3 is 0 Å². The molecule has 0 bridgehead atoms. The first kappa shape index (κ1) is 9.19. The molecule has 1 unspecified atom stereocenters. The van der Waals surface area contributed by atoms with Crippen molar-refractivity contribution in [3.63, 3.8) is 0 Å². The Balaban J connectivity index is 2.96. The highest BCUT2D eigenvalue weighted by molar-refractivity contribution is 5.18. The highest BCUT2D eigenvalue weighted by Crippen LogP contribution is 2.27. The maximum Gasteiger partial charge on any atom is 0.260 e. The molecule has 1 aromatic heterocycles. The fourth-order valence-electron chi connectivity index (χ4n) is 0.939. The molecule has 0 amide bonds. The fourth-order valence-corrected chi connectivity index (χ4v) is 0.939. The molecule has 68 valence electrons. The summed E-state index contributed by atoms with van der Waals surface area (Å²) in [5, 5.41) is 2.57. The van der Waals surface area contributed by atoms with Crippen molar-refractivity contribution in [2.24, 2.45) is 0 Å². The normalized spacial score (nSPS) is 16.4. The van der Waals surface area contributed by atoms with E-state index in [9.17, 15) is 8.78 Å². The largest absolute Gasteiger partial charge is 0.472 e. The number of furan rings is 1. The summed E-state index contributed by atoms with van der Waals surface area (Å²) in [6.45, 7) is 1.43. The Kier molecular flexibility index (Phi) is 2.47. The third-order valence-electron chi connectivity index (χ3n) is 2.08. The van der Waals surface area contributed by atoms with Gasteiger partial charge in [-0.2, -0.15) is 0 Å². The maximum atomic E-state index is 12.5. The molecule has 12 heavy (non-hydrogen) atoms. The van der Waals surface area contributed by atoms with Gasteiger partial charge in [0, 0.05) is 5.56 Å². The van der Waals surface area contributed by atoms with Crippen LogP contribution in [0.5, 0.6) is 0 Å². The molecule has 1 rings (SSSR count). The smallest absolute Gasteiger partial charge is 0.260 e. The Morgan fingerprint density at radius 3 is 2.58 bits per heavy atom.